The lowest BCUT2D eigenvalue weighted by atomic mass is 10.1. The number of hydrogen-bond donors (Lipinski definition) is 1. The minimum Gasteiger partial charge on any atom is -0.481 e. The summed E-state index contributed by atoms with van der Waals surface area (Å²) in [4.78, 5) is 21.3. The van der Waals surface area contributed by atoms with Crippen molar-refractivity contribution in [3.8, 4) is 0 Å². The summed E-state index contributed by atoms with van der Waals surface area (Å²) >= 11 is 0. The molecule has 0 radical (unpaired) electrons. The molecule has 0 aromatic carbocycles. The van der Waals surface area contributed by atoms with Crippen LogP contribution in [0.5, 0.6) is 0 Å². The van der Waals surface area contributed by atoms with Crippen LogP contribution in [-0.2, 0) is 14.3 Å². The fraction of sp³-hybridized carbons (Fsp3) is 0.600. The maximum absolute atomic E-state index is 11.1. The van der Waals surface area contributed by atoms with Crippen molar-refractivity contribution in [3.05, 3.63) is 12.2 Å². The molecule has 0 aliphatic rings. The second-order valence-electron chi connectivity index (χ2n) is 3.49. The van der Waals surface area contributed by atoms with E-state index in [4.69, 9.17) is 9.84 Å². The quantitative estimate of drug-likeness (QED) is 0.522. The molecule has 0 aromatic heterocycles. The first kappa shape index (κ1) is 12.7. The molecule has 0 saturated carbocycles. The molecule has 0 spiro atoms. The normalized spacial score (nSPS) is 9.93. The summed E-state index contributed by atoms with van der Waals surface area (Å²) < 4.78 is 4.81. The van der Waals surface area contributed by atoms with Gasteiger partial charge in [0.1, 0.15) is 0 Å². The van der Waals surface area contributed by atoms with E-state index in [0.29, 0.717) is 12.5 Å². The molecule has 0 rings (SSSR count). The van der Waals surface area contributed by atoms with E-state index < -0.39 is 11.9 Å². The number of rotatable bonds is 6. The van der Waals surface area contributed by atoms with E-state index in [1.807, 2.05) is 13.8 Å². The third-order valence-electron chi connectivity index (χ3n) is 1.58. The van der Waals surface area contributed by atoms with Crippen LogP contribution in [0.3, 0.4) is 0 Å². The van der Waals surface area contributed by atoms with Crippen LogP contribution in [0.15, 0.2) is 12.2 Å². The highest BCUT2D eigenvalue weighted by molar-refractivity contribution is 5.92. The highest BCUT2D eigenvalue weighted by atomic mass is 16.5. The van der Waals surface area contributed by atoms with E-state index in [1.165, 1.54) is 0 Å². The Morgan fingerprint density at radius 2 is 2.00 bits per heavy atom. The average Bonchev–Trinajstić information content (AvgIpc) is 2.01. The van der Waals surface area contributed by atoms with Crippen LogP contribution in [0, 0.1) is 5.92 Å². The number of carboxylic acids is 1. The second kappa shape index (κ2) is 6.18. The van der Waals surface area contributed by atoms with Crippen LogP contribution in [0.25, 0.3) is 0 Å². The summed E-state index contributed by atoms with van der Waals surface area (Å²) in [6.07, 6.45) is 0.409. The Morgan fingerprint density at radius 1 is 1.43 bits per heavy atom. The van der Waals surface area contributed by atoms with Gasteiger partial charge < -0.3 is 9.84 Å². The predicted octanol–water partition coefficient (Wildman–Crippen LogP) is 1.61. The summed E-state index contributed by atoms with van der Waals surface area (Å²) in [6, 6.07) is 0. The van der Waals surface area contributed by atoms with E-state index in [0.717, 1.165) is 6.42 Å². The number of esters is 1. The molecule has 14 heavy (non-hydrogen) atoms. The Labute approximate surface area is 83.6 Å². The molecule has 0 aliphatic heterocycles. The molecule has 0 unspecified atom stereocenters. The summed E-state index contributed by atoms with van der Waals surface area (Å²) in [5, 5.41) is 8.38. The number of carboxylic acid groups (broad SMARTS) is 1. The van der Waals surface area contributed by atoms with E-state index in [2.05, 4.69) is 6.58 Å². The minimum absolute atomic E-state index is 0.0127. The number of aliphatic carboxylic acids is 1. The van der Waals surface area contributed by atoms with E-state index in [-0.39, 0.29) is 12.0 Å². The molecule has 80 valence electrons. The summed E-state index contributed by atoms with van der Waals surface area (Å²) in [5.74, 6) is -1.24. The summed E-state index contributed by atoms with van der Waals surface area (Å²) in [7, 11) is 0. The van der Waals surface area contributed by atoms with E-state index in [9.17, 15) is 9.59 Å². The van der Waals surface area contributed by atoms with Gasteiger partial charge in [-0.2, -0.15) is 0 Å². The molecule has 0 aromatic rings. The fourth-order valence-corrected chi connectivity index (χ4v) is 0.744. The van der Waals surface area contributed by atoms with Crippen LogP contribution in [0.4, 0.5) is 0 Å². The van der Waals surface area contributed by atoms with Crippen LogP contribution >= 0.6 is 0 Å². The van der Waals surface area contributed by atoms with E-state index in [1.54, 1.807) is 0 Å². The molecular formula is C10H16O4. The Balaban J connectivity index is 3.74. The van der Waals surface area contributed by atoms with Gasteiger partial charge in [-0.15, -0.1) is 0 Å². The molecular weight excluding hydrogens is 184 g/mol. The third-order valence-corrected chi connectivity index (χ3v) is 1.58. The van der Waals surface area contributed by atoms with Gasteiger partial charge in [0.2, 0.25) is 0 Å². The first-order valence-corrected chi connectivity index (χ1v) is 4.50. The zero-order chi connectivity index (χ0) is 11.1. The Hall–Kier alpha value is -1.32. The maximum atomic E-state index is 11.1. The fourth-order valence-electron chi connectivity index (χ4n) is 0.744. The summed E-state index contributed by atoms with van der Waals surface area (Å²) in [6.45, 7) is 7.68. The monoisotopic (exact) mass is 200 g/mol. The van der Waals surface area contributed by atoms with Gasteiger partial charge in [0.05, 0.1) is 13.0 Å². The zero-order valence-electron chi connectivity index (χ0n) is 8.58. The molecule has 0 amide bonds. The van der Waals surface area contributed by atoms with Gasteiger partial charge in [-0.1, -0.05) is 20.4 Å². The third kappa shape index (κ3) is 6.22. The highest BCUT2D eigenvalue weighted by Crippen LogP contribution is 2.04. The van der Waals surface area contributed by atoms with Gasteiger partial charge in [0.25, 0.3) is 0 Å². The number of ether oxygens (including phenoxy) is 1. The van der Waals surface area contributed by atoms with Gasteiger partial charge in [-0.05, 0) is 12.3 Å². The number of carbonyl (C=O) groups is 2. The predicted molar refractivity (Wildman–Crippen MR) is 51.8 cm³/mol. The molecule has 4 heteroatoms. The van der Waals surface area contributed by atoms with Crippen LogP contribution in [0.1, 0.15) is 26.7 Å². The summed E-state index contributed by atoms with van der Waals surface area (Å²) in [5.41, 5.74) is -0.0127. The van der Waals surface area contributed by atoms with Crippen molar-refractivity contribution < 1.29 is 19.4 Å². The van der Waals surface area contributed by atoms with Gasteiger partial charge in [-0.3, -0.25) is 4.79 Å². The lowest BCUT2D eigenvalue weighted by molar-refractivity contribution is -0.143. The lowest BCUT2D eigenvalue weighted by Crippen LogP contribution is -2.12. The molecule has 0 heterocycles. The molecule has 0 saturated heterocycles. The van der Waals surface area contributed by atoms with Crippen LogP contribution in [0.2, 0.25) is 0 Å². The topological polar surface area (TPSA) is 63.6 Å². The number of hydrogen-bond acceptors (Lipinski definition) is 3. The van der Waals surface area contributed by atoms with E-state index >= 15 is 0 Å². The Kier molecular flexibility index (Phi) is 5.60. The smallest absolute Gasteiger partial charge is 0.333 e. The largest absolute Gasteiger partial charge is 0.481 e. The van der Waals surface area contributed by atoms with Crippen molar-refractivity contribution in [1.82, 2.24) is 0 Å². The van der Waals surface area contributed by atoms with Crippen molar-refractivity contribution in [1.29, 1.82) is 0 Å². The molecule has 0 fully saturated rings. The average molecular weight is 200 g/mol. The molecule has 0 bridgehead atoms. The van der Waals surface area contributed by atoms with Crippen molar-refractivity contribution in [3.63, 3.8) is 0 Å². The lowest BCUT2D eigenvalue weighted by Gasteiger charge is -2.06. The van der Waals surface area contributed by atoms with Gasteiger partial charge in [0, 0.05) is 5.57 Å². The molecule has 0 atom stereocenters. The number of carbonyl (C=O) groups excluding carboxylic acids is 1. The maximum Gasteiger partial charge on any atom is 0.333 e. The molecule has 4 nitrogen and oxygen atoms in total. The van der Waals surface area contributed by atoms with Gasteiger partial charge in [-0.25, -0.2) is 4.79 Å². The minimum atomic E-state index is -1.07. The molecule has 0 aliphatic carbocycles. The van der Waals surface area contributed by atoms with Crippen molar-refractivity contribution in [2.24, 2.45) is 5.92 Å². The Bertz CT molecular complexity index is 230. The van der Waals surface area contributed by atoms with Gasteiger partial charge >= 0.3 is 11.9 Å². The van der Waals surface area contributed by atoms with Crippen molar-refractivity contribution in [2.75, 3.05) is 6.61 Å². The first-order valence-electron chi connectivity index (χ1n) is 4.50. The van der Waals surface area contributed by atoms with Crippen LogP contribution < -0.4 is 0 Å². The standard InChI is InChI=1S/C10H16O4/c1-7(2)4-5-14-10(13)8(3)6-9(11)12/h7H,3-6H2,1-2H3,(H,11,12). The molecule has 1 N–H and O–H groups in total. The van der Waals surface area contributed by atoms with Gasteiger partial charge in [0.15, 0.2) is 0 Å². The first-order chi connectivity index (χ1) is 6.43. The van der Waals surface area contributed by atoms with Crippen molar-refractivity contribution in [2.45, 2.75) is 26.7 Å². The van der Waals surface area contributed by atoms with Crippen molar-refractivity contribution >= 4 is 11.9 Å². The Morgan fingerprint density at radius 3 is 2.43 bits per heavy atom. The highest BCUT2D eigenvalue weighted by Gasteiger charge is 2.11. The SMILES string of the molecule is C=C(CC(=O)O)C(=O)OCCC(C)C. The van der Waals surface area contributed by atoms with Crippen LogP contribution in [-0.4, -0.2) is 23.7 Å². The second-order valence-corrected chi connectivity index (χ2v) is 3.49. The zero-order valence-corrected chi connectivity index (χ0v) is 8.58.